The molecule has 1 rings (SSSR count). The maximum atomic E-state index is 13.5. The highest BCUT2D eigenvalue weighted by molar-refractivity contribution is 5.86. The van der Waals surface area contributed by atoms with E-state index in [2.05, 4.69) is 27.7 Å². The van der Waals surface area contributed by atoms with Gasteiger partial charge in [-0.1, -0.05) is 194 Å². The molecule has 55 heavy (non-hydrogen) atoms. The van der Waals surface area contributed by atoms with E-state index in [1.54, 1.807) is 6.08 Å². The molecule has 1 fully saturated rings. The molecule has 6 N–H and O–H groups in total. The fraction of sp³-hybridized carbons (Fsp3) is 0.935. The standard InChI is InChI=1S/C46H88O9/c1-5-37(4)31-27-23-19-15-11-7-6-8-12-17-21-25-29-33-40(49)42(50)38(35-54-46-45(53)44(52)43(51)41(34-47)55-46)39(48)32-28-24-20-16-13-9-10-14-18-22-26-30-36(2)3/h28,32,36-41,43-49,51-53H,5-27,29-31,33-35H2,1-4H3/b32-28+/t37?,38-,39+,40+,41+,43-,44-,45+,46+/m0/s1. The fourth-order valence-electron chi connectivity index (χ4n) is 7.54. The minimum absolute atomic E-state index is 0.293. The summed E-state index contributed by atoms with van der Waals surface area (Å²) in [5.74, 6) is -0.00277. The van der Waals surface area contributed by atoms with Crippen LogP contribution in [0.25, 0.3) is 0 Å². The van der Waals surface area contributed by atoms with Crippen LogP contribution in [0.5, 0.6) is 0 Å². The van der Waals surface area contributed by atoms with Gasteiger partial charge in [-0.25, -0.2) is 0 Å². The summed E-state index contributed by atoms with van der Waals surface area (Å²) in [4.78, 5) is 13.5. The van der Waals surface area contributed by atoms with Crippen molar-refractivity contribution in [3.8, 4) is 0 Å². The Morgan fingerprint density at radius 1 is 0.636 bits per heavy atom. The molecule has 0 saturated carbocycles. The lowest BCUT2D eigenvalue weighted by Gasteiger charge is -2.40. The molecular formula is C46H88O9. The fourth-order valence-corrected chi connectivity index (χ4v) is 7.54. The van der Waals surface area contributed by atoms with E-state index < -0.39 is 61.2 Å². The van der Waals surface area contributed by atoms with Gasteiger partial charge in [-0.05, 0) is 31.1 Å². The van der Waals surface area contributed by atoms with Crippen LogP contribution < -0.4 is 0 Å². The zero-order valence-corrected chi connectivity index (χ0v) is 35.8. The first kappa shape index (κ1) is 52.1. The summed E-state index contributed by atoms with van der Waals surface area (Å²) in [6, 6.07) is 0. The molecule has 0 aromatic rings. The van der Waals surface area contributed by atoms with Crippen LogP contribution in [0.1, 0.15) is 201 Å². The van der Waals surface area contributed by atoms with Crippen molar-refractivity contribution in [3.63, 3.8) is 0 Å². The average molecular weight is 785 g/mol. The molecule has 9 heteroatoms. The van der Waals surface area contributed by atoms with E-state index in [-0.39, 0.29) is 6.61 Å². The summed E-state index contributed by atoms with van der Waals surface area (Å²) >= 11 is 0. The van der Waals surface area contributed by atoms with E-state index in [1.807, 2.05) is 6.08 Å². The van der Waals surface area contributed by atoms with Crippen molar-refractivity contribution in [2.45, 2.75) is 244 Å². The van der Waals surface area contributed by atoms with Crippen LogP contribution in [0.2, 0.25) is 0 Å². The van der Waals surface area contributed by atoms with Crippen LogP contribution in [0.3, 0.4) is 0 Å². The Morgan fingerprint density at radius 3 is 1.56 bits per heavy atom. The van der Waals surface area contributed by atoms with Crippen LogP contribution in [0.4, 0.5) is 0 Å². The predicted molar refractivity (Wildman–Crippen MR) is 224 cm³/mol. The number of Topliss-reactive ketones (excluding diaryl/α,β-unsaturated/α-hetero) is 1. The van der Waals surface area contributed by atoms with Gasteiger partial charge in [0, 0.05) is 0 Å². The van der Waals surface area contributed by atoms with E-state index >= 15 is 0 Å². The molecule has 1 unspecified atom stereocenters. The second kappa shape index (κ2) is 34.0. The van der Waals surface area contributed by atoms with Gasteiger partial charge in [0.05, 0.1) is 25.2 Å². The third kappa shape index (κ3) is 25.2. The molecule has 1 saturated heterocycles. The first-order chi connectivity index (χ1) is 26.5. The predicted octanol–water partition coefficient (Wildman–Crippen LogP) is 9.11. The highest BCUT2D eigenvalue weighted by atomic mass is 16.7. The number of aliphatic hydroxyl groups excluding tert-OH is 6. The number of hydrogen-bond donors (Lipinski definition) is 6. The first-order valence-corrected chi connectivity index (χ1v) is 23.0. The number of ketones is 1. The molecule has 0 amide bonds. The Balaban J connectivity index is 2.44. The smallest absolute Gasteiger partial charge is 0.186 e. The number of unbranched alkanes of at least 4 members (excludes halogenated alkanes) is 21. The molecule has 1 aliphatic heterocycles. The zero-order chi connectivity index (χ0) is 40.7. The minimum Gasteiger partial charge on any atom is -0.394 e. The maximum Gasteiger partial charge on any atom is 0.186 e. The Bertz CT molecular complexity index is 912. The Kier molecular flexibility index (Phi) is 32.2. The number of carbonyl (C=O) groups excluding carboxylic acids is 1. The largest absolute Gasteiger partial charge is 0.394 e. The molecule has 0 aromatic heterocycles. The van der Waals surface area contributed by atoms with Crippen molar-refractivity contribution in [2.24, 2.45) is 17.8 Å². The third-order valence-electron chi connectivity index (χ3n) is 11.8. The van der Waals surface area contributed by atoms with Gasteiger partial charge in [0.2, 0.25) is 0 Å². The van der Waals surface area contributed by atoms with Crippen molar-refractivity contribution in [2.75, 3.05) is 13.2 Å². The summed E-state index contributed by atoms with van der Waals surface area (Å²) < 4.78 is 11.1. The first-order valence-electron chi connectivity index (χ1n) is 23.0. The maximum absolute atomic E-state index is 13.5. The van der Waals surface area contributed by atoms with Crippen LogP contribution in [-0.2, 0) is 14.3 Å². The van der Waals surface area contributed by atoms with Crippen molar-refractivity contribution < 1.29 is 44.9 Å². The van der Waals surface area contributed by atoms with Gasteiger partial charge in [0.25, 0.3) is 0 Å². The van der Waals surface area contributed by atoms with Gasteiger partial charge >= 0.3 is 0 Å². The van der Waals surface area contributed by atoms with E-state index in [0.29, 0.717) is 12.8 Å². The van der Waals surface area contributed by atoms with E-state index in [4.69, 9.17) is 9.47 Å². The molecule has 0 spiro atoms. The summed E-state index contributed by atoms with van der Waals surface area (Å²) in [6.07, 6.45) is 25.5. The van der Waals surface area contributed by atoms with Crippen molar-refractivity contribution in [1.82, 2.24) is 0 Å². The van der Waals surface area contributed by atoms with Crippen molar-refractivity contribution >= 4 is 5.78 Å². The summed E-state index contributed by atoms with van der Waals surface area (Å²) in [7, 11) is 0. The number of carbonyl (C=O) groups is 1. The highest BCUT2D eigenvalue weighted by Gasteiger charge is 2.44. The zero-order valence-electron chi connectivity index (χ0n) is 35.8. The van der Waals surface area contributed by atoms with Gasteiger partial charge in [0.1, 0.15) is 30.5 Å². The molecule has 0 bridgehead atoms. The SMILES string of the molecule is CCC(C)CCCCCCCCCCCCCCC[C@@H](O)C(=O)[C@@H](CO[C@@H]1O[C@H](CO)[C@H](O)[C@H](O)[C@H]1O)[C@H](O)/C=C/CCCCCCCCCCCC(C)C. The second-order valence-electron chi connectivity index (χ2n) is 17.3. The summed E-state index contributed by atoms with van der Waals surface area (Å²) in [5.41, 5.74) is 0. The number of ether oxygens (including phenoxy) is 2. The normalized spacial score (nSPS) is 22.7. The Labute approximate surface area is 337 Å². The van der Waals surface area contributed by atoms with Crippen LogP contribution in [-0.4, -0.2) is 92.5 Å². The molecular weight excluding hydrogens is 696 g/mol. The number of allylic oxidation sites excluding steroid dienone is 1. The van der Waals surface area contributed by atoms with Crippen LogP contribution in [0.15, 0.2) is 12.2 Å². The lowest BCUT2D eigenvalue weighted by Crippen LogP contribution is -2.59. The van der Waals surface area contributed by atoms with Crippen molar-refractivity contribution in [1.29, 1.82) is 0 Å². The van der Waals surface area contributed by atoms with E-state index in [0.717, 1.165) is 50.4 Å². The lowest BCUT2D eigenvalue weighted by molar-refractivity contribution is -0.303. The lowest BCUT2D eigenvalue weighted by atomic mass is 9.91. The Hall–Kier alpha value is -0.910. The molecule has 9 nitrogen and oxygen atoms in total. The molecule has 1 aliphatic rings. The molecule has 0 aromatic carbocycles. The number of rotatable bonds is 37. The molecule has 326 valence electrons. The van der Waals surface area contributed by atoms with E-state index in [9.17, 15) is 35.4 Å². The third-order valence-corrected chi connectivity index (χ3v) is 11.8. The quantitative estimate of drug-likeness (QED) is 0.0267. The Morgan fingerprint density at radius 2 is 1.09 bits per heavy atom. The van der Waals surface area contributed by atoms with Gasteiger partial charge in [-0.15, -0.1) is 0 Å². The van der Waals surface area contributed by atoms with Crippen LogP contribution in [0, 0.1) is 17.8 Å². The second-order valence-corrected chi connectivity index (χ2v) is 17.3. The number of hydrogen-bond acceptors (Lipinski definition) is 9. The average Bonchev–Trinajstić information content (AvgIpc) is 3.17. The monoisotopic (exact) mass is 785 g/mol. The summed E-state index contributed by atoms with van der Waals surface area (Å²) in [5, 5.41) is 62.2. The van der Waals surface area contributed by atoms with Gasteiger partial charge < -0.3 is 40.1 Å². The highest BCUT2D eigenvalue weighted by Crippen LogP contribution is 2.24. The topological polar surface area (TPSA) is 157 Å². The van der Waals surface area contributed by atoms with Gasteiger partial charge in [-0.3, -0.25) is 4.79 Å². The molecule has 0 radical (unpaired) electrons. The van der Waals surface area contributed by atoms with Crippen LogP contribution >= 0.6 is 0 Å². The van der Waals surface area contributed by atoms with E-state index in [1.165, 1.54) is 122 Å². The van der Waals surface area contributed by atoms with Gasteiger partial charge in [-0.2, -0.15) is 0 Å². The summed E-state index contributed by atoms with van der Waals surface area (Å²) in [6.45, 7) is 8.21. The van der Waals surface area contributed by atoms with Crippen molar-refractivity contribution in [3.05, 3.63) is 12.2 Å². The molecule has 1 heterocycles. The molecule has 9 atom stereocenters. The minimum atomic E-state index is -1.62. The number of aliphatic hydroxyl groups is 6. The van der Waals surface area contributed by atoms with Gasteiger partial charge in [0.15, 0.2) is 12.1 Å². The molecule has 0 aliphatic carbocycles.